The Kier molecular flexibility index (Phi) is 27.3. The minimum Gasteiger partial charge on any atom is -0.508 e. The van der Waals surface area contributed by atoms with E-state index in [2.05, 4.69) is 52.5 Å². The van der Waals surface area contributed by atoms with Crippen molar-refractivity contribution >= 4 is 93.9 Å². The number of halogens is 3. The predicted molar refractivity (Wildman–Crippen MR) is 441 cm³/mol. The van der Waals surface area contributed by atoms with E-state index in [1.54, 1.807) is 32.9 Å². The van der Waals surface area contributed by atoms with Crippen LogP contribution in [0.15, 0.2) is 139 Å². The van der Waals surface area contributed by atoms with Gasteiger partial charge < -0.3 is 128 Å². The van der Waals surface area contributed by atoms with Crippen LogP contribution < -0.4 is 62.5 Å². The number of aliphatic carboxylic acids is 1. The number of thioether (sulfide) groups is 1. The van der Waals surface area contributed by atoms with Crippen molar-refractivity contribution in [3.63, 3.8) is 0 Å². The Hall–Kier alpha value is -11.2. The largest absolute Gasteiger partial charge is 0.508 e. The van der Waals surface area contributed by atoms with Gasteiger partial charge in [0.15, 0.2) is 35.1 Å². The zero-order valence-electron chi connectivity index (χ0n) is 66.3. The molecule has 2 saturated heterocycles. The molecule has 7 aromatic carbocycles. The number of aliphatic hydroxyl groups excluding tert-OH is 5. The number of benzene rings is 7. The number of carboxylic acids is 1. The smallest absolute Gasteiger partial charge is 0.330 e. The van der Waals surface area contributed by atoms with Gasteiger partial charge in [0.05, 0.1) is 40.8 Å². The number of carbonyl (C=O) groups excluding carboxylic acids is 7. The first-order chi connectivity index (χ1) is 58.4. The topological polar surface area (TPSA) is 542 Å². The van der Waals surface area contributed by atoms with E-state index in [0.717, 1.165) is 95.2 Å². The molecular formula is C84H88Cl3N11O24S. The summed E-state index contributed by atoms with van der Waals surface area (Å²) in [7, 11) is 1.48. The fourth-order valence-corrected chi connectivity index (χ4v) is 16.7. The van der Waals surface area contributed by atoms with Gasteiger partial charge in [-0.25, -0.2) is 9.78 Å². The molecule has 1 aromatic heterocycles. The number of amides is 7. The lowest BCUT2D eigenvalue weighted by atomic mass is 9.84. The number of nitrogens with zero attached hydrogens (tertiary/aromatic N) is 2. The number of hydrogen-bond donors (Lipinski definition) is 19. The number of hydrogen-bond acceptors (Lipinski definition) is 28. The van der Waals surface area contributed by atoms with Crippen molar-refractivity contribution in [2.45, 2.75) is 175 Å². The van der Waals surface area contributed by atoms with Gasteiger partial charge >= 0.3 is 5.97 Å². The molecule has 15 rings (SSSR count). The summed E-state index contributed by atoms with van der Waals surface area (Å²) in [5, 5.41) is 139. The van der Waals surface area contributed by atoms with Crippen molar-refractivity contribution in [1.29, 1.82) is 0 Å². The third-order valence-corrected chi connectivity index (χ3v) is 23.4. The molecule has 0 radical (unpaired) electrons. The maximum Gasteiger partial charge on any atom is 0.330 e. The van der Waals surface area contributed by atoms with Crippen molar-refractivity contribution in [1.82, 2.24) is 52.5 Å². The van der Waals surface area contributed by atoms with E-state index in [0.29, 0.717) is 10.7 Å². The van der Waals surface area contributed by atoms with Gasteiger partial charge in [-0.05, 0) is 146 Å². The maximum atomic E-state index is 16.4. The van der Waals surface area contributed by atoms with Crippen LogP contribution in [0, 0.1) is 12.8 Å². The van der Waals surface area contributed by atoms with E-state index in [1.807, 2.05) is 50.2 Å². The number of aliphatic hydroxyl groups is 5. The van der Waals surface area contributed by atoms with Crippen LogP contribution in [0.5, 0.6) is 51.9 Å². The van der Waals surface area contributed by atoms with Crippen molar-refractivity contribution in [2.24, 2.45) is 11.7 Å². The predicted octanol–water partition coefficient (Wildman–Crippen LogP) is 5.86. The second-order valence-corrected chi connectivity index (χ2v) is 33.2. The number of nitrogens with two attached hydrogens (primary N) is 1. The van der Waals surface area contributed by atoms with Gasteiger partial charge in [0.25, 0.3) is 0 Å². The second kappa shape index (κ2) is 37.5. The zero-order valence-corrected chi connectivity index (χ0v) is 69.4. The van der Waals surface area contributed by atoms with E-state index in [4.69, 9.17) is 69.0 Å². The fraction of sp³-hybridized carbons (Fsp3) is 0.357. The zero-order chi connectivity index (χ0) is 88.5. The monoisotopic (exact) mass is 1770 g/mol. The average molecular weight is 1770 g/mol. The Bertz CT molecular complexity index is 5380. The standard InChI is InChI=1S/C84H88Cl3N11O24S/c1-34(2)21-50(89-6)75(109)97-66-68(104)41-14-19-54(48(86)24-41)118-56-26-43-27-57(72(56)122-82-73(71(107)70(106)58(120-82)33-123-83-91-35(3)22-60(103)93-83)121-61-31-84(5,74(108)36(4)117-61)90-32-37-7-9-38(10-8-37)39-11-16-44(85)17-12-39)119-55-20-15-42(25-49(55)87)69(105)67-80(114)96-65(81(115)116)47-28-45(99)29-53(101)62(47)46-23-40(13-18-52(46)100)63(77(111)98-67)95-78(112)64(43)94-76(110)51(30-59(88)102)92-79(66)113/h7-20,22-29,34,36,50-51,58,61,63-71,73-74,82,89-90,99-101,104-108H,21,30-33H2,1-6H3,(H2,88,102)(H,92,113)(H,94,110)(H,95,112)(H,96,114)(H,97,109)(H,98,111)(H,115,116)(H,91,93,103)/t36?,50-,51+,58?,61?,63-,64-,65-,66-,67+,68-,69-,70?,71?,73?,74?,82?,84?/m1/s1. The lowest BCUT2D eigenvalue weighted by Crippen LogP contribution is -2.65. The van der Waals surface area contributed by atoms with Gasteiger partial charge in [-0.15, -0.1) is 0 Å². The highest BCUT2D eigenvalue weighted by Gasteiger charge is 2.53. The van der Waals surface area contributed by atoms with Crippen LogP contribution >= 0.6 is 46.6 Å². The first-order valence-electron chi connectivity index (χ1n) is 38.7. The highest BCUT2D eigenvalue weighted by atomic mass is 35.5. The van der Waals surface area contributed by atoms with Crippen LogP contribution in [-0.2, 0) is 59.1 Å². The highest BCUT2D eigenvalue weighted by Crippen LogP contribution is 2.50. The molecule has 650 valence electrons. The number of rotatable bonds is 19. The number of nitrogens with one attached hydrogen (secondary N) is 8. The first kappa shape index (κ1) is 89.6. The van der Waals surface area contributed by atoms with Crippen LogP contribution in [0.4, 0.5) is 0 Å². The van der Waals surface area contributed by atoms with Crippen LogP contribution in [0.25, 0.3) is 22.3 Å². The lowest BCUT2D eigenvalue weighted by Gasteiger charge is -2.48. The minimum atomic E-state index is -2.38. The van der Waals surface area contributed by atoms with Gasteiger partial charge in [-0.1, -0.05) is 115 Å². The van der Waals surface area contributed by atoms with Gasteiger partial charge in [0.1, 0.15) is 83.4 Å². The molecule has 35 nitrogen and oxygen atoms in total. The Morgan fingerprint density at radius 1 is 0.675 bits per heavy atom. The fourth-order valence-electron chi connectivity index (χ4n) is 15.1. The molecule has 7 amide bonds. The van der Waals surface area contributed by atoms with E-state index >= 15 is 24.0 Å². The molecule has 8 aromatic rings. The number of likely N-dealkylation sites (N-methyl/N-ethyl adjacent to an activating group) is 1. The number of primary amides is 1. The van der Waals surface area contributed by atoms with Gasteiger partial charge in [-0.2, -0.15) is 4.98 Å². The average Bonchev–Trinajstić information content (AvgIpc) is 0.766. The molecule has 7 aliphatic rings. The Balaban J connectivity index is 1.00. The van der Waals surface area contributed by atoms with E-state index in [-0.39, 0.29) is 63.7 Å². The van der Waals surface area contributed by atoms with Crippen LogP contribution in [-0.4, -0.2) is 200 Å². The third-order valence-electron chi connectivity index (χ3n) is 21.6. The summed E-state index contributed by atoms with van der Waals surface area (Å²) < 4.78 is 40.6. The van der Waals surface area contributed by atoms with Crippen molar-refractivity contribution in [3.05, 3.63) is 188 Å². The molecule has 8 heterocycles. The SMILES string of the molecule is CN[C@H](CC(C)C)C(=O)N[C@H]1C(=O)N[C@@H](CC(N)=O)C(=O)N[C@H]2C(=O)N[C@H]3C(=O)N[C@H](C(=O)N[C@@H](C(=O)O)c4cc(O)cc(O)c4-c4cc3ccc4O)[C@H](O)c3ccc(c(Cl)c3)Oc3cc2cc(c3OC2OC(CSc3nc(C)cc(O)n3)C(O)C(O)C2OC2CC(C)(NCc3ccc(-c4ccc(Cl)cc4)cc3)C(O)C(C)O2)Oc2ccc(cc2Cl)[C@H]1O. The molecule has 9 unspecified atom stereocenters. The van der Waals surface area contributed by atoms with Crippen LogP contribution in [0.3, 0.4) is 0 Å². The number of phenols is 3. The van der Waals surface area contributed by atoms with Gasteiger partial charge in [0, 0.05) is 63.8 Å². The number of aromatic nitrogens is 2. The Morgan fingerprint density at radius 2 is 1.29 bits per heavy atom. The number of phenolic OH excluding ortho intramolecular Hbond substituents is 3. The van der Waals surface area contributed by atoms with Crippen LogP contribution in [0.2, 0.25) is 15.1 Å². The molecule has 20 N–H and O–H groups in total. The normalized spacial score (nSPS) is 26.2. The second-order valence-electron chi connectivity index (χ2n) is 31.0. The number of ether oxygens (including phenoxy) is 6. The molecule has 7 aliphatic heterocycles. The molecular weight excluding hydrogens is 1690 g/mol. The molecule has 2 fully saturated rings. The lowest BCUT2D eigenvalue weighted by molar-refractivity contribution is -0.330. The van der Waals surface area contributed by atoms with Gasteiger partial charge in [0.2, 0.25) is 59.3 Å². The number of carbonyl (C=O) groups is 8. The number of aryl methyl sites for hydroxylation is 1. The van der Waals surface area contributed by atoms with Crippen molar-refractivity contribution in [3.8, 4) is 74.1 Å². The summed E-state index contributed by atoms with van der Waals surface area (Å²) in [4.78, 5) is 127. The Morgan fingerprint density at radius 3 is 1.91 bits per heavy atom. The molecule has 0 saturated carbocycles. The summed E-state index contributed by atoms with van der Waals surface area (Å²) in [6.07, 6.45) is -18.6. The van der Waals surface area contributed by atoms with E-state index < -0.39 is 236 Å². The summed E-state index contributed by atoms with van der Waals surface area (Å²) in [5.41, 5.74) is 4.65. The van der Waals surface area contributed by atoms with E-state index in [1.165, 1.54) is 25.2 Å². The summed E-state index contributed by atoms with van der Waals surface area (Å²) >= 11 is 21.5. The minimum absolute atomic E-state index is 0.00306. The third kappa shape index (κ3) is 20.0. The van der Waals surface area contributed by atoms with Crippen LogP contribution in [0.1, 0.15) is 116 Å². The molecule has 0 aliphatic carbocycles. The summed E-state index contributed by atoms with van der Waals surface area (Å²) in [5.74, 6) is -16.8. The number of aromatic hydroxyl groups is 4. The van der Waals surface area contributed by atoms with Gasteiger partial charge in [-0.3, -0.25) is 33.6 Å². The Labute approximate surface area is 721 Å². The highest BCUT2D eigenvalue weighted by molar-refractivity contribution is 7.99. The van der Waals surface area contributed by atoms with Crippen molar-refractivity contribution in [2.75, 3.05) is 12.8 Å². The molecule has 18 atom stereocenters. The molecule has 123 heavy (non-hydrogen) atoms. The van der Waals surface area contributed by atoms with Crippen molar-refractivity contribution < 1.29 is 118 Å². The number of carboxylic acid groups (broad SMARTS) is 1. The summed E-state index contributed by atoms with van der Waals surface area (Å²) in [6, 6.07) is 15.6. The maximum absolute atomic E-state index is 16.4. The quantitative estimate of drug-likeness (QED) is 0.0333. The molecule has 0 spiro atoms. The number of fused-ring (bicyclic) bond motifs is 15. The molecule has 39 heteroatoms. The summed E-state index contributed by atoms with van der Waals surface area (Å²) in [6.45, 7) is 8.73. The first-order valence-corrected chi connectivity index (χ1v) is 40.9. The molecule has 11 bridgehead atoms. The van der Waals surface area contributed by atoms with E-state index in [9.17, 15) is 65.4 Å².